The first-order chi connectivity index (χ1) is 12.5. The fourth-order valence-corrected chi connectivity index (χ4v) is 3.31. The smallest absolute Gasteiger partial charge is 0.319 e. The van der Waals surface area contributed by atoms with Crippen LogP contribution in [0.5, 0.6) is 0 Å². The molecule has 1 atom stereocenters. The molecule has 1 aromatic heterocycles. The Kier molecular flexibility index (Phi) is 5.49. The number of carbonyl (C=O) groups excluding carboxylic acids is 1. The second-order valence-corrected chi connectivity index (χ2v) is 6.91. The van der Waals surface area contributed by atoms with Crippen LogP contribution in [0.3, 0.4) is 0 Å². The molecule has 0 fully saturated rings. The van der Waals surface area contributed by atoms with E-state index in [1.54, 1.807) is 12.1 Å². The zero-order valence-corrected chi connectivity index (χ0v) is 15.9. The molecule has 6 heteroatoms. The van der Waals surface area contributed by atoms with Gasteiger partial charge in [0.2, 0.25) is 0 Å². The summed E-state index contributed by atoms with van der Waals surface area (Å²) in [4.78, 5) is 14.4. The van der Waals surface area contributed by atoms with Crippen molar-refractivity contribution in [1.29, 1.82) is 0 Å². The van der Waals surface area contributed by atoms with Crippen molar-refractivity contribution in [2.75, 3.05) is 26.0 Å². The molecule has 26 heavy (non-hydrogen) atoms. The molecule has 5 nitrogen and oxygen atoms in total. The molecule has 2 aromatic carbocycles. The number of amides is 2. The number of para-hydroxylation sites is 2. The number of rotatable bonds is 5. The number of hydrogen-bond donors (Lipinski definition) is 2. The number of nitrogens with one attached hydrogen (secondary N) is 2. The number of halogens is 1. The maximum absolute atomic E-state index is 12.3. The van der Waals surface area contributed by atoms with Gasteiger partial charge < -0.3 is 20.1 Å². The molecule has 0 bridgehead atoms. The molecule has 0 saturated heterocycles. The first-order valence-corrected chi connectivity index (χ1v) is 8.85. The third-order valence-corrected chi connectivity index (χ3v) is 4.82. The van der Waals surface area contributed by atoms with Gasteiger partial charge in [0, 0.05) is 30.7 Å². The monoisotopic (exact) mass is 370 g/mol. The maximum Gasteiger partial charge on any atom is 0.319 e. The van der Waals surface area contributed by atoms with E-state index in [9.17, 15) is 4.79 Å². The van der Waals surface area contributed by atoms with Gasteiger partial charge in [0.1, 0.15) is 0 Å². The van der Waals surface area contributed by atoms with Gasteiger partial charge in [0.05, 0.1) is 16.8 Å². The van der Waals surface area contributed by atoms with E-state index in [2.05, 4.69) is 38.4 Å². The van der Waals surface area contributed by atoms with Gasteiger partial charge in [0.15, 0.2) is 0 Å². The number of nitrogens with zero attached hydrogens (tertiary/aromatic N) is 2. The molecule has 0 spiro atoms. The standard InChI is InChI=1S/C20H23ClN4O/c1-24(2)19(15-13-25(3)18-11-7-4-8-14(15)18)12-22-20(26)23-17-10-6-5-9-16(17)21/h4-11,13,19H,12H2,1-3H3,(H2,22,23,26)/t19-/m0/s1. The number of aryl methyl sites for hydroxylation is 1. The van der Waals surface area contributed by atoms with E-state index in [1.807, 2.05) is 45.4 Å². The zero-order chi connectivity index (χ0) is 18.7. The van der Waals surface area contributed by atoms with Gasteiger partial charge >= 0.3 is 6.03 Å². The van der Waals surface area contributed by atoms with Crippen LogP contribution in [-0.2, 0) is 7.05 Å². The Labute approximate surface area is 158 Å². The lowest BCUT2D eigenvalue weighted by Gasteiger charge is -2.24. The number of anilines is 1. The van der Waals surface area contributed by atoms with Crippen molar-refractivity contribution in [2.45, 2.75) is 6.04 Å². The predicted molar refractivity (Wildman–Crippen MR) is 108 cm³/mol. The number of benzene rings is 2. The highest BCUT2D eigenvalue weighted by Gasteiger charge is 2.20. The Morgan fingerprint density at radius 3 is 2.58 bits per heavy atom. The second-order valence-electron chi connectivity index (χ2n) is 6.51. The van der Waals surface area contributed by atoms with Gasteiger partial charge in [-0.2, -0.15) is 0 Å². The molecule has 0 saturated carbocycles. The molecule has 1 heterocycles. The Balaban J connectivity index is 1.75. The molecular weight excluding hydrogens is 348 g/mol. The van der Waals surface area contributed by atoms with Crippen LogP contribution in [0.1, 0.15) is 11.6 Å². The number of carbonyl (C=O) groups is 1. The highest BCUT2D eigenvalue weighted by molar-refractivity contribution is 6.33. The fourth-order valence-electron chi connectivity index (χ4n) is 3.13. The van der Waals surface area contributed by atoms with E-state index in [1.165, 1.54) is 16.5 Å². The Hall–Kier alpha value is -2.50. The third kappa shape index (κ3) is 3.84. The van der Waals surface area contributed by atoms with Crippen LogP contribution in [0.15, 0.2) is 54.7 Å². The van der Waals surface area contributed by atoms with Gasteiger partial charge in [-0.25, -0.2) is 4.79 Å². The van der Waals surface area contributed by atoms with Crippen LogP contribution >= 0.6 is 11.6 Å². The minimum Gasteiger partial charge on any atom is -0.350 e. The summed E-state index contributed by atoms with van der Waals surface area (Å²) in [7, 11) is 6.07. The molecule has 3 rings (SSSR count). The minimum absolute atomic E-state index is 0.0538. The molecule has 2 amide bonds. The average molecular weight is 371 g/mol. The van der Waals surface area contributed by atoms with Crippen molar-refractivity contribution in [2.24, 2.45) is 7.05 Å². The number of likely N-dealkylation sites (N-methyl/N-ethyl adjacent to an activating group) is 1. The molecule has 0 unspecified atom stereocenters. The number of fused-ring (bicyclic) bond motifs is 1. The molecule has 0 aliphatic rings. The summed E-state index contributed by atoms with van der Waals surface area (Å²) in [5, 5.41) is 7.46. The highest BCUT2D eigenvalue weighted by atomic mass is 35.5. The summed E-state index contributed by atoms with van der Waals surface area (Å²) < 4.78 is 2.12. The van der Waals surface area contributed by atoms with E-state index >= 15 is 0 Å². The lowest BCUT2D eigenvalue weighted by Crippen LogP contribution is -2.36. The van der Waals surface area contributed by atoms with E-state index in [4.69, 9.17) is 11.6 Å². The highest BCUT2D eigenvalue weighted by Crippen LogP contribution is 2.28. The average Bonchev–Trinajstić information content (AvgIpc) is 2.94. The molecule has 0 aliphatic carbocycles. The van der Waals surface area contributed by atoms with Crippen LogP contribution in [0.4, 0.5) is 10.5 Å². The molecule has 136 valence electrons. The zero-order valence-electron chi connectivity index (χ0n) is 15.2. The number of urea groups is 1. The summed E-state index contributed by atoms with van der Waals surface area (Å²) in [5.74, 6) is 0. The summed E-state index contributed by atoms with van der Waals surface area (Å²) in [5.41, 5.74) is 2.96. The summed E-state index contributed by atoms with van der Waals surface area (Å²) in [6.45, 7) is 0.483. The van der Waals surface area contributed by atoms with Gasteiger partial charge in [-0.3, -0.25) is 0 Å². The normalized spacial score (nSPS) is 12.3. The Morgan fingerprint density at radius 1 is 1.15 bits per heavy atom. The second kappa shape index (κ2) is 7.81. The quantitative estimate of drug-likeness (QED) is 0.705. The van der Waals surface area contributed by atoms with Gasteiger partial charge in [-0.1, -0.05) is 41.9 Å². The topological polar surface area (TPSA) is 49.3 Å². The first kappa shape index (κ1) is 18.3. The molecular formula is C20H23ClN4O. The lowest BCUT2D eigenvalue weighted by molar-refractivity contribution is 0.243. The fraction of sp³-hybridized carbons (Fsp3) is 0.250. The number of hydrogen-bond acceptors (Lipinski definition) is 2. The van der Waals surface area contributed by atoms with Crippen molar-refractivity contribution in [3.05, 3.63) is 65.3 Å². The lowest BCUT2D eigenvalue weighted by atomic mass is 10.0. The van der Waals surface area contributed by atoms with Crippen LogP contribution in [0.2, 0.25) is 5.02 Å². The van der Waals surface area contributed by atoms with Crippen molar-refractivity contribution >= 4 is 34.2 Å². The van der Waals surface area contributed by atoms with Crippen molar-refractivity contribution < 1.29 is 4.79 Å². The summed E-state index contributed by atoms with van der Waals surface area (Å²) in [6.07, 6.45) is 2.13. The molecule has 2 N–H and O–H groups in total. The van der Waals surface area contributed by atoms with Gasteiger partial charge in [0.25, 0.3) is 0 Å². The van der Waals surface area contributed by atoms with Crippen molar-refractivity contribution in [3.8, 4) is 0 Å². The Morgan fingerprint density at radius 2 is 1.85 bits per heavy atom. The van der Waals surface area contributed by atoms with Gasteiger partial charge in [-0.05, 0) is 37.9 Å². The van der Waals surface area contributed by atoms with E-state index < -0.39 is 0 Å². The molecule has 0 aliphatic heterocycles. The molecule has 3 aromatic rings. The van der Waals surface area contributed by atoms with E-state index in [-0.39, 0.29) is 12.1 Å². The molecule has 0 radical (unpaired) electrons. The SMILES string of the molecule is CN(C)[C@@H](CNC(=O)Nc1ccccc1Cl)c1cn(C)c2ccccc12. The van der Waals surface area contributed by atoms with E-state index in [0.29, 0.717) is 17.3 Å². The first-order valence-electron chi connectivity index (χ1n) is 8.47. The third-order valence-electron chi connectivity index (χ3n) is 4.49. The van der Waals surface area contributed by atoms with Gasteiger partial charge in [-0.15, -0.1) is 0 Å². The number of aromatic nitrogens is 1. The minimum atomic E-state index is -0.273. The van der Waals surface area contributed by atoms with Crippen LogP contribution in [0, 0.1) is 0 Å². The van der Waals surface area contributed by atoms with Crippen LogP contribution in [-0.4, -0.2) is 36.1 Å². The maximum atomic E-state index is 12.3. The summed E-state index contributed by atoms with van der Waals surface area (Å²) >= 11 is 6.09. The largest absolute Gasteiger partial charge is 0.350 e. The predicted octanol–water partition coefficient (Wildman–Crippen LogP) is 4.26. The van der Waals surface area contributed by atoms with Crippen molar-refractivity contribution in [3.63, 3.8) is 0 Å². The van der Waals surface area contributed by atoms with Crippen LogP contribution in [0.25, 0.3) is 10.9 Å². The van der Waals surface area contributed by atoms with E-state index in [0.717, 1.165) is 0 Å². The van der Waals surface area contributed by atoms with Crippen LogP contribution < -0.4 is 10.6 Å². The summed E-state index contributed by atoms with van der Waals surface area (Å²) in [6, 6.07) is 15.2. The Bertz CT molecular complexity index is 919. The van der Waals surface area contributed by atoms with Crippen molar-refractivity contribution in [1.82, 2.24) is 14.8 Å².